The van der Waals surface area contributed by atoms with Gasteiger partial charge in [0.1, 0.15) is 5.25 Å². The Kier molecular flexibility index (Phi) is 4.53. The van der Waals surface area contributed by atoms with Gasteiger partial charge in [-0.05, 0) is 6.23 Å². The Labute approximate surface area is 102 Å². The zero-order valence-corrected chi connectivity index (χ0v) is 10.4. The Morgan fingerprint density at radius 2 is 1.86 bits per heavy atom. The number of hydrogen-bond donors (Lipinski definition) is 2. The van der Waals surface area contributed by atoms with Gasteiger partial charge in [-0.2, -0.15) is 0 Å². The van der Waals surface area contributed by atoms with Crippen LogP contribution in [0.5, 0.6) is 0 Å². The fourth-order valence-corrected chi connectivity index (χ4v) is 1.95. The summed E-state index contributed by atoms with van der Waals surface area (Å²) in [6.07, 6.45) is -1.17. The molecule has 1 aliphatic rings. The molecule has 0 aromatic carbocycles. The fraction of sp³-hybridized carbons (Fsp3) is 0.600. The normalized spacial score (nSPS) is 27.3. The maximum absolute atomic E-state index is 11.0. The Bertz CT molecular complexity index is 353. The molecule has 14 heavy (non-hydrogen) atoms. The van der Waals surface area contributed by atoms with Crippen LogP contribution < -0.4 is 45.3 Å². The van der Waals surface area contributed by atoms with Crippen molar-refractivity contribution in [1.29, 1.82) is 0 Å². The van der Waals surface area contributed by atoms with E-state index in [-0.39, 0.29) is 29.6 Å². The molecule has 9 heteroatoms. The first-order valence-corrected chi connectivity index (χ1v) is 5.24. The third-order valence-corrected chi connectivity index (χ3v) is 2.89. The van der Waals surface area contributed by atoms with Crippen molar-refractivity contribution in [3.8, 4) is 0 Å². The maximum Gasteiger partial charge on any atom is 1.00 e. The van der Waals surface area contributed by atoms with Gasteiger partial charge in [0.15, 0.2) is 9.84 Å². The summed E-state index contributed by atoms with van der Waals surface area (Å²) in [6.45, 7) is 0. The molecule has 74 valence electrons. The van der Waals surface area contributed by atoms with Gasteiger partial charge in [0, 0.05) is 6.26 Å². The Hall–Kier alpha value is -0.150. The quantitative estimate of drug-likeness (QED) is 0.435. The first-order valence-electron chi connectivity index (χ1n) is 3.28. The molecule has 3 amide bonds. The monoisotopic (exact) mass is 230 g/mol. The molecule has 0 aliphatic carbocycles. The topological polar surface area (TPSA) is 115 Å². The van der Waals surface area contributed by atoms with Gasteiger partial charge in [-0.3, -0.25) is 10.1 Å². The van der Waals surface area contributed by atoms with Gasteiger partial charge >= 0.3 is 35.6 Å². The van der Waals surface area contributed by atoms with Gasteiger partial charge in [-0.15, -0.1) is 0 Å². The molecule has 2 unspecified atom stereocenters. The molecule has 1 rings (SSSR count). The molecule has 0 aromatic heterocycles. The van der Waals surface area contributed by atoms with E-state index >= 15 is 0 Å². The number of hydrogen-bond acceptors (Lipinski definition) is 5. The van der Waals surface area contributed by atoms with Crippen molar-refractivity contribution in [3.05, 3.63) is 0 Å². The number of rotatable bonds is 1. The van der Waals surface area contributed by atoms with Crippen LogP contribution in [0.25, 0.3) is 0 Å². The smallest absolute Gasteiger partial charge is 0.835 e. The van der Waals surface area contributed by atoms with Crippen LogP contribution >= 0.6 is 0 Å². The molecule has 1 fully saturated rings. The van der Waals surface area contributed by atoms with E-state index in [0.717, 1.165) is 6.26 Å². The molecule has 0 spiro atoms. The number of imide groups is 1. The summed E-state index contributed by atoms with van der Waals surface area (Å²) in [5.41, 5.74) is 0. The number of carbonyl (C=O) groups is 2. The summed E-state index contributed by atoms with van der Waals surface area (Å²) in [5.74, 6) is -1.08. The van der Waals surface area contributed by atoms with Crippen molar-refractivity contribution >= 4 is 21.8 Å². The van der Waals surface area contributed by atoms with Crippen molar-refractivity contribution in [2.45, 2.75) is 11.5 Å². The average molecular weight is 230 g/mol. The zero-order valence-electron chi connectivity index (χ0n) is 7.60. The maximum atomic E-state index is 11.0. The van der Waals surface area contributed by atoms with Gasteiger partial charge in [-0.25, -0.2) is 13.2 Å². The minimum absolute atomic E-state index is 0. The Balaban J connectivity index is 0.00000169. The van der Waals surface area contributed by atoms with Gasteiger partial charge in [0.25, 0.3) is 0 Å². The third kappa shape index (κ3) is 2.92. The van der Waals surface area contributed by atoms with Gasteiger partial charge in [0.05, 0.1) is 0 Å². The van der Waals surface area contributed by atoms with Gasteiger partial charge in [0.2, 0.25) is 5.91 Å². The molecule has 2 N–H and O–H groups in total. The van der Waals surface area contributed by atoms with Crippen LogP contribution in [-0.2, 0) is 14.6 Å². The second-order valence-corrected chi connectivity index (χ2v) is 4.80. The first-order chi connectivity index (χ1) is 5.82. The number of amides is 3. The number of urea groups is 1. The summed E-state index contributed by atoms with van der Waals surface area (Å²) in [5, 5.41) is 12.7. The van der Waals surface area contributed by atoms with E-state index in [2.05, 4.69) is 0 Å². The van der Waals surface area contributed by atoms with Crippen LogP contribution in [-0.4, -0.2) is 38.1 Å². The first kappa shape index (κ1) is 13.8. The number of sulfone groups is 1. The van der Waals surface area contributed by atoms with Crippen LogP contribution in [0.3, 0.4) is 0 Å². The average Bonchev–Trinajstić information content (AvgIpc) is 1.78. The standard InChI is InChI=1S/C5H7N2O5S.Na/c1-13(11,12)2-3(8)6-5(10)7-4(2)9;/h2-3H,1H3,(H2,6,7,9,10);/q-1;+1. The number of carbonyl (C=O) groups excluding carboxylic acids is 2. The van der Waals surface area contributed by atoms with E-state index in [1.807, 2.05) is 0 Å². The second kappa shape index (κ2) is 4.58. The van der Waals surface area contributed by atoms with E-state index in [4.69, 9.17) is 0 Å². The van der Waals surface area contributed by atoms with Gasteiger partial charge < -0.3 is 10.4 Å². The minimum Gasteiger partial charge on any atom is -0.835 e. The van der Waals surface area contributed by atoms with Crippen molar-refractivity contribution < 1.29 is 52.7 Å². The Morgan fingerprint density at radius 1 is 1.36 bits per heavy atom. The molecular formula is C5H7N2NaO5S. The molecule has 7 nitrogen and oxygen atoms in total. The second-order valence-electron chi connectivity index (χ2n) is 2.63. The van der Waals surface area contributed by atoms with Crippen LogP contribution in [0.1, 0.15) is 0 Å². The molecule has 0 saturated carbocycles. The van der Waals surface area contributed by atoms with E-state index in [1.165, 1.54) is 0 Å². The minimum atomic E-state index is -3.79. The summed E-state index contributed by atoms with van der Waals surface area (Å²) >= 11 is 0. The summed E-state index contributed by atoms with van der Waals surface area (Å²) in [7, 11) is -3.79. The van der Waals surface area contributed by atoms with Crippen molar-refractivity contribution in [1.82, 2.24) is 10.6 Å². The SMILES string of the molecule is CS(=O)(=O)C1C(=O)NC(=O)NC1[O-].[Na+]. The van der Waals surface area contributed by atoms with Crippen molar-refractivity contribution in [2.75, 3.05) is 6.26 Å². The van der Waals surface area contributed by atoms with Crippen molar-refractivity contribution in [3.63, 3.8) is 0 Å². The van der Waals surface area contributed by atoms with E-state index in [1.54, 1.807) is 10.6 Å². The van der Waals surface area contributed by atoms with E-state index in [0.29, 0.717) is 0 Å². The molecular weight excluding hydrogens is 223 g/mol. The predicted molar refractivity (Wildman–Crippen MR) is 39.1 cm³/mol. The van der Waals surface area contributed by atoms with Crippen molar-refractivity contribution in [2.24, 2.45) is 0 Å². The Morgan fingerprint density at radius 3 is 2.21 bits per heavy atom. The van der Waals surface area contributed by atoms with E-state index < -0.39 is 33.3 Å². The molecule has 0 aromatic rings. The summed E-state index contributed by atoms with van der Waals surface area (Å²) < 4.78 is 21.8. The van der Waals surface area contributed by atoms with E-state index in [9.17, 15) is 23.1 Å². The zero-order chi connectivity index (χ0) is 10.2. The van der Waals surface area contributed by atoms with Crippen LogP contribution in [0.15, 0.2) is 0 Å². The predicted octanol–water partition coefficient (Wildman–Crippen LogP) is -6.07. The number of nitrogens with one attached hydrogen (secondary N) is 2. The van der Waals surface area contributed by atoms with Gasteiger partial charge in [-0.1, -0.05) is 0 Å². The molecule has 0 bridgehead atoms. The molecule has 1 heterocycles. The van der Waals surface area contributed by atoms with Crippen LogP contribution in [0, 0.1) is 0 Å². The molecule has 0 radical (unpaired) electrons. The molecule has 1 aliphatic heterocycles. The molecule has 1 saturated heterocycles. The molecule has 2 atom stereocenters. The summed E-state index contributed by atoms with van der Waals surface area (Å²) in [6, 6.07) is -0.968. The fourth-order valence-electron chi connectivity index (χ4n) is 0.980. The summed E-state index contributed by atoms with van der Waals surface area (Å²) in [4.78, 5) is 21.4. The van der Waals surface area contributed by atoms with Crippen LogP contribution in [0.2, 0.25) is 0 Å². The largest absolute Gasteiger partial charge is 1.00 e. The third-order valence-electron chi connectivity index (χ3n) is 1.50. The van der Waals surface area contributed by atoms with Crippen LogP contribution in [0.4, 0.5) is 4.79 Å².